The number of hydrogen-bond acceptors (Lipinski definition) is 4. The van der Waals surface area contributed by atoms with Gasteiger partial charge in [0.05, 0.1) is 17.2 Å². The minimum absolute atomic E-state index is 0.0244. The largest absolute Gasteiger partial charge is 0.478 e. The molecule has 2 atom stereocenters. The highest BCUT2D eigenvalue weighted by Crippen LogP contribution is 2.32. The molecule has 0 aromatic heterocycles. The molecule has 1 aromatic carbocycles. The number of hydrogen-bond donors (Lipinski definition) is 4. The number of nitrogens with one attached hydrogen (secondary N) is 1. The lowest BCUT2D eigenvalue weighted by molar-refractivity contribution is -0.137. The predicted octanol–water partition coefficient (Wildman–Crippen LogP) is 1.32. The van der Waals surface area contributed by atoms with Crippen LogP contribution in [-0.2, 0) is 11.0 Å². The molecule has 23 heavy (non-hydrogen) atoms. The van der Waals surface area contributed by atoms with Crippen LogP contribution in [0, 0.1) is 0 Å². The van der Waals surface area contributed by atoms with Crippen LogP contribution in [0.2, 0.25) is 0 Å². The molecule has 0 radical (unpaired) electrons. The summed E-state index contributed by atoms with van der Waals surface area (Å²) in [7, 11) is 0. The zero-order chi connectivity index (χ0) is 17.8. The van der Waals surface area contributed by atoms with Gasteiger partial charge in [-0.25, -0.2) is 4.79 Å². The van der Waals surface area contributed by atoms with Crippen LogP contribution < -0.4 is 5.32 Å². The summed E-state index contributed by atoms with van der Waals surface area (Å²) in [6.45, 7) is 1.28. The van der Waals surface area contributed by atoms with Crippen LogP contribution in [-0.4, -0.2) is 39.8 Å². The van der Waals surface area contributed by atoms with Crippen LogP contribution in [0.5, 0.6) is 0 Å². The van der Waals surface area contributed by atoms with Crippen molar-refractivity contribution in [3.63, 3.8) is 0 Å². The number of aliphatic hydroxyl groups is 2. The van der Waals surface area contributed by atoms with Crippen molar-refractivity contribution in [3.05, 3.63) is 34.9 Å². The second kappa shape index (κ2) is 7.42. The lowest BCUT2D eigenvalue weighted by Gasteiger charge is -2.20. The highest BCUT2D eigenvalue weighted by atomic mass is 19.4. The van der Waals surface area contributed by atoms with Crippen molar-refractivity contribution in [2.75, 3.05) is 6.54 Å². The van der Waals surface area contributed by atoms with Gasteiger partial charge in [0.1, 0.15) is 6.10 Å². The maximum Gasteiger partial charge on any atom is 0.416 e. The molecule has 0 spiro atoms. The van der Waals surface area contributed by atoms with E-state index in [1.54, 1.807) is 0 Å². The molecule has 0 aliphatic carbocycles. The van der Waals surface area contributed by atoms with Crippen LogP contribution in [0.4, 0.5) is 13.2 Å². The molecule has 0 saturated carbocycles. The van der Waals surface area contributed by atoms with E-state index in [4.69, 9.17) is 5.11 Å². The smallest absolute Gasteiger partial charge is 0.416 e. The number of amides is 1. The molecule has 6 nitrogen and oxygen atoms in total. The molecule has 4 N–H and O–H groups in total. The molecule has 1 aromatic rings. The Balaban J connectivity index is 3.01. The fourth-order valence-electron chi connectivity index (χ4n) is 1.94. The zero-order valence-corrected chi connectivity index (χ0v) is 12.1. The average Bonchev–Trinajstić information content (AvgIpc) is 2.44. The lowest BCUT2D eigenvalue weighted by Crippen LogP contribution is -2.28. The van der Waals surface area contributed by atoms with Gasteiger partial charge in [0.25, 0.3) is 0 Å². The first-order chi connectivity index (χ1) is 10.5. The molecule has 1 amide bonds. The number of aliphatic hydroxyl groups excluding tert-OH is 2. The molecule has 0 saturated heterocycles. The second-order valence-corrected chi connectivity index (χ2v) is 4.89. The molecule has 0 fully saturated rings. The van der Waals surface area contributed by atoms with Gasteiger partial charge in [-0.3, -0.25) is 4.79 Å². The van der Waals surface area contributed by atoms with E-state index >= 15 is 0 Å². The van der Waals surface area contributed by atoms with E-state index in [1.807, 2.05) is 0 Å². The van der Waals surface area contributed by atoms with Gasteiger partial charge in [-0.05, 0) is 24.1 Å². The Morgan fingerprint density at radius 2 is 1.87 bits per heavy atom. The summed E-state index contributed by atoms with van der Waals surface area (Å²) < 4.78 is 37.9. The van der Waals surface area contributed by atoms with E-state index in [0.717, 1.165) is 6.07 Å². The quantitative estimate of drug-likeness (QED) is 0.627. The van der Waals surface area contributed by atoms with Gasteiger partial charge in [0.2, 0.25) is 5.91 Å². The second-order valence-electron chi connectivity index (χ2n) is 4.89. The van der Waals surface area contributed by atoms with Crippen molar-refractivity contribution in [3.8, 4) is 0 Å². The summed E-state index contributed by atoms with van der Waals surface area (Å²) in [5.74, 6) is -2.01. The van der Waals surface area contributed by atoms with Gasteiger partial charge in [-0.2, -0.15) is 13.2 Å². The molecular formula is C14H16F3NO5. The van der Waals surface area contributed by atoms with Crippen LogP contribution in [0.25, 0.3) is 0 Å². The van der Waals surface area contributed by atoms with E-state index in [-0.39, 0.29) is 24.4 Å². The SMILES string of the molecule is CC(=O)NCCC(O)C(O)c1ccc(C(F)(F)F)cc1C(=O)O. The third kappa shape index (κ3) is 5.22. The summed E-state index contributed by atoms with van der Waals surface area (Å²) in [6, 6.07) is 1.85. The molecule has 0 bridgehead atoms. The maximum atomic E-state index is 12.6. The van der Waals surface area contributed by atoms with Crippen molar-refractivity contribution in [1.29, 1.82) is 0 Å². The summed E-state index contributed by atoms with van der Waals surface area (Å²) >= 11 is 0. The highest BCUT2D eigenvalue weighted by Gasteiger charge is 2.33. The Labute approximate surface area is 129 Å². The van der Waals surface area contributed by atoms with Gasteiger partial charge in [-0.1, -0.05) is 6.07 Å². The molecule has 0 aliphatic rings. The van der Waals surface area contributed by atoms with Crippen molar-refractivity contribution >= 4 is 11.9 Å². The van der Waals surface area contributed by atoms with Crippen molar-refractivity contribution in [1.82, 2.24) is 5.32 Å². The Bertz CT molecular complexity index is 588. The van der Waals surface area contributed by atoms with E-state index in [0.29, 0.717) is 12.1 Å². The highest BCUT2D eigenvalue weighted by molar-refractivity contribution is 5.89. The number of carboxylic acid groups (broad SMARTS) is 1. The Kier molecular flexibility index (Phi) is 6.11. The van der Waals surface area contributed by atoms with Gasteiger partial charge >= 0.3 is 12.1 Å². The van der Waals surface area contributed by atoms with E-state index in [2.05, 4.69) is 5.32 Å². The molecule has 1 rings (SSSR count). The number of alkyl halides is 3. The van der Waals surface area contributed by atoms with Gasteiger partial charge in [0, 0.05) is 13.5 Å². The van der Waals surface area contributed by atoms with E-state index in [1.165, 1.54) is 6.92 Å². The van der Waals surface area contributed by atoms with Crippen molar-refractivity contribution in [2.45, 2.75) is 31.7 Å². The van der Waals surface area contributed by atoms with E-state index < -0.39 is 35.5 Å². The number of halogens is 3. The topological polar surface area (TPSA) is 107 Å². The summed E-state index contributed by atoms with van der Waals surface area (Å²) in [6.07, 6.45) is -7.97. The molecule has 2 unspecified atom stereocenters. The molecule has 128 valence electrons. The number of carbonyl (C=O) groups is 2. The molecule has 0 heterocycles. The number of carbonyl (C=O) groups excluding carboxylic acids is 1. The number of aromatic carboxylic acids is 1. The minimum Gasteiger partial charge on any atom is -0.478 e. The molecular weight excluding hydrogens is 319 g/mol. The first-order valence-corrected chi connectivity index (χ1v) is 6.59. The summed E-state index contributed by atoms with van der Waals surface area (Å²) in [5.41, 5.74) is -2.25. The predicted molar refractivity (Wildman–Crippen MR) is 72.7 cm³/mol. The Hall–Kier alpha value is -2.13. The number of benzene rings is 1. The number of rotatable bonds is 6. The maximum absolute atomic E-state index is 12.6. The van der Waals surface area contributed by atoms with Crippen LogP contribution in [0.1, 0.15) is 40.9 Å². The fourth-order valence-corrected chi connectivity index (χ4v) is 1.94. The van der Waals surface area contributed by atoms with Crippen LogP contribution in [0.3, 0.4) is 0 Å². The van der Waals surface area contributed by atoms with Gasteiger partial charge in [0.15, 0.2) is 0 Å². The zero-order valence-electron chi connectivity index (χ0n) is 12.1. The molecule has 0 aliphatic heterocycles. The third-order valence-electron chi connectivity index (χ3n) is 3.11. The van der Waals surface area contributed by atoms with Crippen LogP contribution >= 0.6 is 0 Å². The number of carboxylic acids is 1. The summed E-state index contributed by atoms with van der Waals surface area (Å²) in [4.78, 5) is 21.8. The normalized spacial score (nSPS) is 14.2. The lowest BCUT2D eigenvalue weighted by atomic mass is 9.95. The van der Waals surface area contributed by atoms with Crippen molar-refractivity contribution in [2.24, 2.45) is 0 Å². The van der Waals surface area contributed by atoms with E-state index in [9.17, 15) is 33.0 Å². The van der Waals surface area contributed by atoms with Gasteiger partial charge < -0.3 is 20.6 Å². The average molecular weight is 335 g/mol. The fraction of sp³-hybridized carbons (Fsp3) is 0.429. The third-order valence-corrected chi connectivity index (χ3v) is 3.11. The Morgan fingerprint density at radius 3 is 2.35 bits per heavy atom. The minimum atomic E-state index is -4.72. The van der Waals surface area contributed by atoms with Gasteiger partial charge in [-0.15, -0.1) is 0 Å². The van der Waals surface area contributed by atoms with Crippen molar-refractivity contribution < 1.29 is 38.1 Å². The van der Waals surface area contributed by atoms with Crippen LogP contribution in [0.15, 0.2) is 18.2 Å². The first kappa shape index (κ1) is 18.9. The molecule has 9 heteroatoms. The summed E-state index contributed by atoms with van der Waals surface area (Å²) in [5, 5.41) is 31.2. The standard InChI is InChI=1S/C14H16F3NO5/c1-7(19)18-5-4-11(20)12(21)9-3-2-8(14(15,16)17)6-10(9)13(22)23/h2-3,6,11-12,20-21H,4-5H2,1H3,(H,18,19)(H,22,23). The first-order valence-electron chi connectivity index (χ1n) is 6.59. The monoisotopic (exact) mass is 335 g/mol. The Morgan fingerprint density at radius 1 is 1.26 bits per heavy atom.